The zero-order valence-electron chi connectivity index (χ0n) is 15.0. The molecule has 156 valence electrons. The summed E-state index contributed by atoms with van der Waals surface area (Å²) < 4.78 is 81.9. The Labute approximate surface area is 162 Å². The molecule has 10 heteroatoms. The first-order valence-electron chi connectivity index (χ1n) is 9.13. The molecule has 4 nitrogen and oxygen atoms in total. The minimum Gasteiger partial charge on any atom is -0.474 e. The first kappa shape index (κ1) is 19.8. The van der Waals surface area contributed by atoms with Crippen molar-refractivity contribution in [2.75, 3.05) is 4.90 Å². The lowest BCUT2D eigenvalue weighted by molar-refractivity contribution is -0.138. The molecule has 2 aliphatic rings. The van der Waals surface area contributed by atoms with Crippen molar-refractivity contribution in [3.63, 3.8) is 0 Å². The highest BCUT2D eigenvalue weighted by Crippen LogP contribution is 2.40. The van der Waals surface area contributed by atoms with Gasteiger partial charge in [0.25, 0.3) is 0 Å². The molecule has 4 heterocycles. The highest BCUT2D eigenvalue weighted by atomic mass is 19.4. The van der Waals surface area contributed by atoms with E-state index in [2.05, 4.69) is 9.97 Å². The van der Waals surface area contributed by atoms with E-state index in [4.69, 9.17) is 4.74 Å². The van der Waals surface area contributed by atoms with Crippen LogP contribution < -0.4 is 9.64 Å². The van der Waals surface area contributed by atoms with E-state index in [0.717, 1.165) is 37.4 Å². The minimum absolute atomic E-state index is 0.0532. The topological polar surface area (TPSA) is 38.2 Å². The number of aromatic nitrogens is 2. The van der Waals surface area contributed by atoms with E-state index in [1.807, 2.05) is 4.90 Å². The molecule has 0 saturated carbocycles. The number of anilines is 1. The third-order valence-electron chi connectivity index (χ3n) is 5.38. The zero-order valence-corrected chi connectivity index (χ0v) is 15.0. The largest absolute Gasteiger partial charge is 0.474 e. The highest BCUT2D eigenvalue weighted by Gasteiger charge is 2.43. The molecular formula is C19H17F6N3O. The van der Waals surface area contributed by atoms with E-state index in [1.54, 1.807) is 0 Å². The van der Waals surface area contributed by atoms with E-state index in [0.29, 0.717) is 18.7 Å². The van der Waals surface area contributed by atoms with Crippen LogP contribution in [0.3, 0.4) is 0 Å². The van der Waals surface area contributed by atoms with Gasteiger partial charge in [0.2, 0.25) is 5.88 Å². The number of fused-ring (bicyclic) bond motifs is 2. The molecule has 2 saturated heterocycles. The summed E-state index contributed by atoms with van der Waals surface area (Å²) in [5.74, 6) is 0.625. The average Bonchev–Trinajstić information content (AvgIpc) is 2.91. The summed E-state index contributed by atoms with van der Waals surface area (Å²) in [5.41, 5.74) is -1.63. The third-order valence-corrected chi connectivity index (χ3v) is 5.38. The van der Waals surface area contributed by atoms with Crippen LogP contribution in [0.25, 0.3) is 0 Å². The molecule has 2 aromatic heterocycles. The quantitative estimate of drug-likeness (QED) is 0.652. The number of hydrogen-bond acceptors (Lipinski definition) is 4. The van der Waals surface area contributed by atoms with Gasteiger partial charge in [-0.05, 0) is 31.0 Å². The Morgan fingerprint density at radius 3 is 1.79 bits per heavy atom. The van der Waals surface area contributed by atoms with Crippen LogP contribution >= 0.6 is 0 Å². The molecule has 2 aliphatic heterocycles. The number of alkyl halides is 6. The van der Waals surface area contributed by atoms with Crippen LogP contribution in [0.2, 0.25) is 0 Å². The van der Waals surface area contributed by atoms with Gasteiger partial charge in [0.15, 0.2) is 0 Å². The van der Waals surface area contributed by atoms with Crippen LogP contribution in [0.15, 0.2) is 36.7 Å². The first-order chi connectivity index (χ1) is 13.6. The molecule has 29 heavy (non-hydrogen) atoms. The van der Waals surface area contributed by atoms with Crippen LogP contribution in [-0.2, 0) is 12.4 Å². The summed E-state index contributed by atoms with van der Waals surface area (Å²) in [6.07, 6.45) is -4.62. The van der Waals surface area contributed by atoms with Gasteiger partial charge in [0.05, 0.1) is 11.1 Å². The van der Waals surface area contributed by atoms with Gasteiger partial charge in [-0.1, -0.05) is 0 Å². The van der Waals surface area contributed by atoms with Gasteiger partial charge in [-0.15, -0.1) is 0 Å². The maximum atomic E-state index is 12.7. The molecule has 4 rings (SSSR count). The molecule has 0 aliphatic carbocycles. The summed E-state index contributed by atoms with van der Waals surface area (Å²) in [4.78, 5) is 9.77. The van der Waals surface area contributed by atoms with E-state index in [9.17, 15) is 26.3 Å². The van der Waals surface area contributed by atoms with E-state index in [-0.39, 0.29) is 24.1 Å². The second kappa shape index (κ2) is 7.07. The Morgan fingerprint density at radius 2 is 1.34 bits per heavy atom. The molecule has 2 aromatic rings. The number of ether oxygens (including phenoxy) is 1. The Kier molecular flexibility index (Phi) is 4.82. The normalized spacial score (nSPS) is 24.6. The monoisotopic (exact) mass is 417 g/mol. The summed E-state index contributed by atoms with van der Waals surface area (Å²) in [7, 11) is 0. The minimum atomic E-state index is -4.45. The number of hydrogen-bond donors (Lipinski definition) is 0. The van der Waals surface area contributed by atoms with Crippen molar-refractivity contribution in [3.05, 3.63) is 47.8 Å². The number of rotatable bonds is 3. The Bertz CT molecular complexity index is 836. The fraction of sp³-hybridized carbons (Fsp3) is 0.474. The lowest BCUT2D eigenvalue weighted by atomic mass is 9.99. The molecule has 0 aromatic carbocycles. The van der Waals surface area contributed by atoms with Crippen molar-refractivity contribution < 1.29 is 31.1 Å². The summed E-state index contributed by atoms with van der Waals surface area (Å²) in [6, 6.07) is 4.64. The smallest absolute Gasteiger partial charge is 0.417 e. The second-order valence-corrected chi connectivity index (χ2v) is 7.29. The van der Waals surface area contributed by atoms with E-state index < -0.39 is 23.5 Å². The predicted octanol–water partition coefficient (Wildman–Crippen LogP) is 5.09. The Morgan fingerprint density at radius 1 is 0.793 bits per heavy atom. The van der Waals surface area contributed by atoms with Gasteiger partial charge in [-0.2, -0.15) is 26.3 Å². The van der Waals surface area contributed by atoms with Crippen LogP contribution in [0, 0.1) is 0 Å². The molecule has 0 radical (unpaired) electrons. The van der Waals surface area contributed by atoms with Crippen LogP contribution in [0.4, 0.5) is 32.2 Å². The first-order valence-corrected chi connectivity index (χ1v) is 9.13. The van der Waals surface area contributed by atoms with Gasteiger partial charge in [-0.25, -0.2) is 9.97 Å². The van der Waals surface area contributed by atoms with Gasteiger partial charge in [-0.3, -0.25) is 0 Å². The molecule has 0 amide bonds. The van der Waals surface area contributed by atoms with Crippen molar-refractivity contribution in [2.24, 2.45) is 0 Å². The number of halogens is 6. The van der Waals surface area contributed by atoms with Gasteiger partial charge in [0.1, 0.15) is 11.9 Å². The van der Waals surface area contributed by atoms with Crippen molar-refractivity contribution in [3.8, 4) is 5.88 Å². The predicted molar refractivity (Wildman–Crippen MR) is 91.4 cm³/mol. The molecule has 0 unspecified atom stereocenters. The molecule has 0 N–H and O–H groups in total. The molecule has 2 fully saturated rings. The van der Waals surface area contributed by atoms with E-state index in [1.165, 1.54) is 12.1 Å². The van der Waals surface area contributed by atoms with Gasteiger partial charge < -0.3 is 9.64 Å². The fourth-order valence-corrected chi connectivity index (χ4v) is 4.09. The SMILES string of the molecule is FC(F)(F)c1ccc(O[C@H]2C[C@H]3CC[C@@H](C2)N3c2ccc(C(F)(F)F)cn2)nc1. The standard InChI is InChI=1S/C19H17F6N3O/c20-18(21,22)11-1-5-16(26-9-11)28-13-3-4-14(28)8-15(7-13)29-17-6-2-12(10-27-17)19(23,24)25/h1-2,5-6,9-10,13-15H,3-4,7-8H2/t13-,14+,15+. The number of piperidine rings is 1. The maximum Gasteiger partial charge on any atom is 0.417 e. The van der Waals surface area contributed by atoms with Crippen molar-refractivity contribution in [1.82, 2.24) is 9.97 Å². The van der Waals surface area contributed by atoms with Crippen molar-refractivity contribution in [2.45, 2.75) is 56.2 Å². The molecule has 0 spiro atoms. The van der Waals surface area contributed by atoms with Crippen LogP contribution in [-0.4, -0.2) is 28.2 Å². The molecule has 2 bridgehead atoms. The van der Waals surface area contributed by atoms with Gasteiger partial charge >= 0.3 is 12.4 Å². The van der Waals surface area contributed by atoms with Crippen LogP contribution in [0.1, 0.15) is 36.8 Å². The lowest BCUT2D eigenvalue weighted by Gasteiger charge is -2.39. The summed E-state index contributed by atoms with van der Waals surface area (Å²) in [5, 5.41) is 0. The number of pyridine rings is 2. The average molecular weight is 417 g/mol. The van der Waals surface area contributed by atoms with Crippen molar-refractivity contribution >= 4 is 5.82 Å². The fourth-order valence-electron chi connectivity index (χ4n) is 4.09. The molecule has 3 atom stereocenters. The Balaban J connectivity index is 1.43. The zero-order chi connectivity index (χ0) is 20.8. The van der Waals surface area contributed by atoms with Crippen LogP contribution in [0.5, 0.6) is 5.88 Å². The summed E-state index contributed by atoms with van der Waals surface area (Å²) in [6.45, 7) is 0. The Hall–Kier alpha value is -2.52. The lowest BCUT2D eigenvalue weighted by Crippen LogP contribution is -2.46. The maximum absolute atomic E-state index is 12.7. The van der Waals surface area contributed by atoms with E-state index >= 15 is 0 Å². The highest BCUT2D eigenvalue weighted by molar-refractivity contribution is 5.45. The third kappa shape index (κ3) is 4.11. The molecular weight excluding hydrogens is 400 g/mol. The summed E-state index contributed by atoms with van der Waals surface area (Å²) >= 11 is 0. The van der Waals surface area contributed by atoms with Crippen molar-refractivity contribution in [1.29, 1.82) is 0 Å². The second-order valence-electron chi connectivity index (χ2n) is 7.29. The van der Waals surface area contributed by atoms with Gasteiger partial charge in [0, 0.05) is 43.4 Å². The number of nitrogens with zero attached hydrogens (tertiary/aromatic N) is 3.